The van der Waals surface area contributed by atoms with Crippen LogP contribution in [0.25, 0.3) is 0 Å². The molecule has 0 spiro atoms. The minimum Gasteiger partial charge on any atom is -0.354 e. The number of rotatable bonds is 5. The molecule has 20 heavy (non-hydrogen) atoms. The molecular formula is C15H24N4O. The molecule has 0 radical (unpaired) electrons. The number of carbonyl (C=O) groups excluding carboxylic acids is 1. The maximum atomic E-state index is 12.2. The van der Waals surface area contributed by atoms with Crippen LogP contribution in [-0.2, 0) is 0 Å². The van der Waals surface area contributed by atoms with Crippen LogP contribution in [0.5, 0.6) is 0 Å². The van der Waals surface area contributed by atoms with Gasteiger partial charge in [0.1, 0.15) is 5.69 Å². The van der Waals surface area contributed by atoms with Gasteiger partial charge in [-0.3, -0.25) is 4.79 Å². The van der Waals surface area contributed by atoms with Gasteiger partial charge in [0.25, 0.3) is 5.91 Å². The van der Waals surface area contributed by atoms with Gasteiger partial charge in [0.05, 0.1) is 0 Å². The molecule has 5 nitrogen and oxygen atoms in total. The van der Waals surface area contributed by atoms with Crippen molar-refractivity contribution >= 4 is 11.9 Å². The SMILES string of the molecule is CCCNc1nccc(C(=O)NC2CCCCCC2)n1. The molecule has 1 aromatic rings. The first kappa shape index (κ1) is 14.8. The van der Waals surface area contributed by atoms with Crippen molar-refractivity contribution in [1.29, 1.82) is 0 Å². The number of hydrogen-bond donors (Lipinski definition) is 2. The van der Waals surface area contributed by atoms with Crippen LogP contribution in [0.4, 0.5) is 5.95 Å². The van der Waals surface area contributed by atoms with Crippen LogP contribution in [0.15, 0.2) is 12.3 Å². The van der Waals surface area contributed by atoms with Gasteiger partial charge in [-0.05, 0) is 25.3 Å². The van der Waals surface area contributed by atoms with E-state index in [4.69, 9.17) is 0 Å². The number of nitrogens with zero attached hydrogens (tertiary/aromatic N) is 2. The van der Waals surface area contributed by atoms with Gasteiger partial charge < -0.3 is 10.6 Å². The summed E-state index contributed by atoms with van der Waals surface area (Å²) < 4.78 is 0. The highest BCUT2D eigenvalue weighted by Crippen LogP contribution is 2.17. The van der Waals surface area contributed by atoms with E-state index in [-0.39, 0.29) is 5.91 Å². The molecule has 2 N–H and O–H groups in total. The molecule has 1 amide bonds. The zero-order chi connectivity index (χ0) is 14.2. The minimum atomic E-state index is -0.0844. The fourth-order valence-electron chi connectivity index (χ4n) is 2.49. The number of nitrogens with one attached hydrogen (secondary N) is 2. The summed E-state index contributed by atoms with van der Waals surface area (Å²) in [6.45, 7) is 2.89. The lowest BCUT2D eigenvalue weighted by Gasteiger charge is -2.16. The standard InChI is InChI=1S/C15H24N4O/c1-2-10-16-15-17-11-9-13(19-15)14(20)18-12-7-5-3-4-6-8-12/h9,11-12H,2-8,10H2,1H3,(H,18,20)(H,16,17,19). The summed E-state index contributed by atoms with van der Waals surface area (Å²) in [5.41, 5.74) is 0.447. The number of amides is 1. The first-order valence-corrected chi connectivity index (χ1v) is 7.67. The molecular weight excluding hydrogens is 252 g/mol. The quantitative estimate of drug-likeness (QED) is 0.811. The van der Waals surface area contributed by atoms with Gasteiger partial charge in [0, 0.05) is 18.8 Å². The second-order valence-electron chi connectivity index (χ2n) is 5.35. The number of anilines is 1. The van der Waals surface area contributed by atoms with Crippen molar-refractivity contribution in [2.45, 2.75) is 57.9 Å². The topological polar surface area (TPSA) is 66.9 Å². The summed E-state index contributed by atoms with van der Waals surface area (Å²) >= 11 is 0. The van der Waals surface area contributed by atoms with Crippen molar-refractivity contribution in [3.8, 4) is 0 Å². The summed E-state index contributed by atoms with van der Waals surface area (Å²) in [6, 6.07) is 1.97. The van der Waals surface area contributed by atoms with E-state index in [1.54, 1.807) is 12.3 Å². The van der Waals surface area contributed by atoms with Crippen molar-refractivity contribution in [3.63, 3.8) is 0 Å². The molecule has 1 aromatic heterocycles. The predicted molar refractivity (Wildman–Crippen MR) is 79.8 cm³/mol. The van der Waals surface area contributed by atoms with E-state index in [2.05, 4.69) is 27.5 Å². The van der Waals surface area contributed by atoms with Gasteiger partial charge in [0.15, 0.2) is 0 Å². The van der Waals surface area contributed by atoms with Crippen molar-refractivity contribution in [2.24, 2.45) is 0 Å². The molecule has 0 saturated heterocycles. The van der Waals surface area contributed by atoms with Crippen LogP contribution < -0.4 is 10.6 Å². The summed E-state index contributed by atoms with van der Waals surface area (Å²) in [5, 5.41) is 6.20. The molecule has 1 fully saturated rings. The van der Waals surface area contributed by atoms with E-state index >= 15 is 0 Å². The van der Waals surface area contributed by atoms with Gasteiger partial charge in [-0.2, -0.15) is 0 Å². The van der Waals surface area contributed by atoms with Crippen molar-refractivity contribution in [1.82, 2.24) is 15.3 Å². The van der Waals surface area contributed by atoms with Gasteiger partial charge in [-0.1, -0.05) is 32.6 Å². The second kappa shape index (κ2) is 7.82. The van der Waals surface area contributed by atoms with E-state index in [1.165, 1.54) is 25.7 Å². The summed E-state index contributed by atoms with van der Waals surface area (Å²) in [7, 11) is 0. The van der Waals surface area contributed by atoms with Crippen LogP contribution in [0, 0.1) is 0 Å². The Labute approximate surface area is 120 Å². The molecule has 1 aliphatic carbocycles. The van der Waals surface area contributed by atoms with Crippen molar-refractivity contribution < 1.29 is 4.79 Å². The summed E-state index contributed by atoms with van der Waals surface area (Å²) in [6.07, 6.45) is 9.77. The lowest BCUT2D eigenvalue weighted by atomic mass is 10.1. The third kappa shape index (κ3) is 4.47. The third-order valence-electron chi connectivity index (χ3n) is 3.61. The maximum Gasteiger partial charge on any atom is 0.270 e. The molecule has 0 aliphatic heterocycles. The van der Waals surface area contributed by atoms with Crippen molar-refractivity contribution in [2.75, 3.05) is 11.9 Å². The molecule has 1 aliphatic rings. The zero-order valence-corrected chi connectivity index (χ0v) is 12.2. The zero-order valence-electron chi connectivity index (χ0n) is 12.2. The van der Waals surface area contributed by atoms with Crippen LogP contribution in [0.1, 0.15) is 62.4 Å². The van der Waals surface area contributed by atoms with Gasteiger partial charge in [-0.25, -0.2) is 9.97 Å². The normalized spacial score (nSPS) is 16.4. The molecule has 1 saturated carbocycles. The predicted octanol–water partition coefficient (Wildman–Crippen LogP) is 2.75. The van der Waals surface area contributed by atoms with Gasteiger partial charge >= 0.3 is 0 Å². The molecule has 0 atom stereocenters. The lowest BCUT2D eigenvalue weighted by molar-refractivity contribution is 0.0928. The highest BCUT2D eigenvalue weighted by atomic mass is 16.1. The summed E-state index contributed by atoms with van der Waals surface area (Å²) in [4.78, 5) is 20.6. The van der Waals surface area contributed by atoms with Crippen LogP contribution in [-0.4, -0.2) is 28.5 Å². The molecule has 0 unspecified atom stereocenters. The molecule has 5 heteroatoms. The highest BCUT2D eigenvalue weighted by molar-refractivity contribution is 5.92. The Morgan fingerprint density at radius 1 is 1.30 bits per heavy atom. The largest absolute Gasteiger partial charge is 0.354 e. The number of aromatic nitrogens is 2. The number of carbonyl (C=O) groups is 1. The van der Waals surface area contributed by atoms with E-state index in [0.717, 1.165) is 25.8 Å². The maximum absolute atomic E-state index is 12.2. The Balaban J connectivity index is 1.93. The molecule has 0 bridgehead atoms. The van der Waals surface area contributed by atoms with Crippen LogP contribution in [0.3, 0.4) is 0 Å². The molecule has 0 aromatic carbocycles. The van der Waals surface area contributed by atoms with Gasteiger partial charge in [-0.15, -0.1) is 0 Å². The van der Waals surface area contributed by atoms with E-state index in [9.17, 15) is 4.79 Å². The third-order valence-corrected chi connectivity index (χ3v) is 3.61. The Morgan fingerprint density at radius 2 is 2.05 bits per heavy atom. The Hall–Kier alpha value is -1.65. The van der Waals surface area contributed by atoms with E-state index in [0.29, 0.717) is 17.7 Å². The van der Waals surface area contributed by atoms with Crippen molar-refractivity contribution in [3.05, 3.63) is 18.0 Å². The smallest absolute Gasteiger partial charge is 0.270 e. The van der Waals surface area contributed by atoms with E-state index < -0.39 is 0 Å². The molecule has 2 rings (SSSR count). The van der Waals surface area contributed by atoms with Crippen LogP contribution in [0.2, 0.25) is 0 Å². The Kier molecular flexibility index (Phi) is 5.77. The second-order valence-corrected chi connectivity index (χ2v) is 5.35. The average Bonchev–Trinajstić information content (AvgIpc) is 2.74. The molecule has 110 valence electrons. The Morgan fingerprint density at radius 3 is 2.75 bits per heavy atom. The summed E-state index contributed by atoms with van der Waals surface area (Å²) in [5.74, 6) is 0.444. The Bertz CT molecular complexity index is 428. The first-order valence-electron chi connectivity index (χ1n) is 7.67. The highest BCUT2D eigenvalue weighted by Gasteiger charge is 2.16. The average molecular weight is 276 g/mol. The first-order chi connectivity index (χ1) is 9.79. The fourth-order valence-corrected chi connectivity index (χ4v) is 2.49. The number of hydrogen-bond acceptors (Lipinski definition) is 4. The van der Waals surface area contributed by atoms with Gasteiger partial charge in [0.2, 0.25) is 5.95 Å². The van der Waals surface area contributed by atoms with Crippen LogP contribution >= 0.6 is 0 Å². The molecule has 1 heterocycles. The van der Waals surface area contributed by atoms with E-state index in [1.807, 2.05) is 0 Å². The monoisotopic (exact) mass is 276 g/mol. The fraction of sp³-hybridized carbons (Fsp3) is 0.667. The minimum absolute atomic E-state index is 0.0844. The lowest BCUT2D eigenvalue weighted by Crippen LogP contribution is -2.35.